The molecule has 0 aliphatic carbocycles. The minimum atomic E-state index is 0.908. The minimum absolute atomic E-state index is 0.908. The lowest BCUT2D eigenvalue weighted by Gasteiger charge is -2.12. The van der Waals surface area contributed by atoms with Crippen molar-refractivity contribution in [3.05, 3.63) is 140 Å². The zero-order valence-corrected chi connectivity index (χ0v) is 43.4. The van der Waals surface area contributed by atoms with Crippen LogP contribution in [0.4, 0.5) is 0 Å². The molecule has 0 radical (unpaired) electrons. The number of rotatable bonds is 23. The molecule has 5 heteroatoms. The van der Waals surface area contributed by atoms with Crippen LogP contribution in [-0.4, -0.2) is 19.9 Å². The number of aryl methyl sites for hydroxylation is 5. The summed E-state index contributed by atoms with van der Waals surface area (Å²) < 4.78 is 0.946. The van der Waals surface area contributed by atoms with E-state index in [4.69, 9.17) is 9.97 Å². The first-order valence-corrected chi connectivity index (χ1v) is 27.3. The van der Waals surface area contributed by atoms with Crippen LogP contribution in [0.3, 0.4) is 0 Å². The van der Waals surface area contributed by atoms with Crippen molar-refractivity contribution >= 4 is 62.3 Å². The van der Waals surface area contributed by atoms with Gasteiger partial charge < -0.3 is 9.97 Å². The Morgan fingerprint density at radius 2 is 0.706 bits per heavy atom. The lowest BCUT2D eigenvalue weighted by molar-refractivity contribution is 0.661. The molecular weight excluding hydrogens is 893 g/mol. The Morgan fingerprint density at radius 3 is 1.10 bits per heavy atom. The third-order valence-electron chi connectivity index (χ3n) is 14.0. The average molecular weight is 968 g/mol. The second-order valence-electron chi connectivity index (χ2n) is 19.6. The maximum Gasteiger partial charge on any atom is 0.0801 e. The molecule has 0 unspecified atom stereocenters. The van der Waals surface area contributed by atoms with E-state index in [2.05, 4.69) is 170 Å². The number of halogens is 1. The van der Waals surface area contributed by atoms with Gasteiger partial charge in [-0.3, -0.25) is 0 Å². The van der Waals surface area contributed by atoms with Crippen LogP contribution in [0.15, 0.2) is 89.4 Å². The molecular formula is C63H75BrN4. The van der Waals surface area contributed by atoms with Gasteiger partial charge in [0.1, 0.15) is 0 Å². The largest absolute Gasteiger partial charge is 0.354 e. The molecule has 5 heterocycles. The fourth-order valence-corrected chi connectivity index (χ4v) is 10.7. The summed E-state index contributed by atoms with van der Waals surface area (Å²) in [6.07, 6.45) is 33.2. The summed E-state index contributed by atoms with van der Waals surface area (Å²) >= 11 is 4.08. The summed E-state index contributed by atoms with van der Waals surface area (Å²) in [5.74, 6) is 0. The Labute approximate surface area is 416 Å². The first-order valence-electron chi connectivity index (χ1n) is 26.5. The first-order chi connectivity index (χ1) is 33.3. The summed E-state index contributed by atoms with van der Waals surface area (Å²) in [6.45, 7) is 11.3. The zero-order chi connectivity index (χ0) is 47.2. The summed E-state index contributed by atoms with van der Waals surface area (Å²) in [5.41, 5.74) is 21.8. The smallest absolute Gasteiger partial charge is 0.0801 e. The molecule has 6 aromatic rings. The van der Waals surface area contributed by atoms with Crippen LogP contribution in [0.25, 0.3) is 79.8 Å². The number of fused-ring (bicyclic) bond motifs is 8. The predicted octanol–water partition coefficient (Wildman–Crippen LogP) is 19.2. The van der Waals surface area contributed by atoms with Crippen molar-refractivity contribution in [3.63, 3.8) is 0 Å². The molecule has 2 N–H and O–H groups in total. The summed E-state index contributed by atoms with van der Waals surface area (Å²) in [6, 6.07) is 32.7. The molecule has 354 valence electrons. The Bertz CT molecular complexity index is 2740. The van der Waals surface area contributed by atoms with Crippen LogP contribution in [-0.2, 0) is 25.7 Å². The van der Waals surface area contributed by atoms with Crippen molar-refractivity contribution in [2.24, 2.45) is 0 Å². The Hall–Kier alpha value is -5.26. The third kappa shape index (κ3) is 12.3. The maximum atomic E-state index is 5.64. The lowest BCUT2D eigenvalue weighted by atomic mass is 9.94. The number of H-pyrrole nitrogens is 2. The van der Waals surface area contributed by atoms with Crippen LogP contribution in [0, 0.1) is 6.92 Å². The molecule has 2 aliphatic heterocycles. The second-order valence-corrected chi connectivity index (χ2v) is 20.4. The van der Waals surface area contributed by atoms with E-state index in [1.54, 1.807) is 0 Å². The van der Waals surface area contributed by atoms with Crippen molar-refractivity contribution in [2.45, 2.75) is 163 Å². The molecule has 8 bridgehead atoms. The van der Waals surface area contributed by atoms with Gasteiger partial charge in [-0.2, -0.15) is 0 Å². The van der Waals surface area contributed by atoms with Gasteiger partial charge in [0.05, 0.1) is 32.8 Å². The number of nitrogens with one attached hydrogen (secondary N) is 2. The number of hydrogen-bond acceptors (Lipinski definition) is 2. The van der Waals surface area contributed by atoms with E-state index in [9.17, 15) is 0 Å². The Balaban J connectivity index is 1.38. The van der Waals surface area contributed by atoms with E-state index in [0.29, 0.717) is 0 Å². The molecule has 3 aromatic heterocycles. The fraction of sp³-hybridized carbons (Fsp3) is 0.397. The van der Waals surface area contributed by atoms with Gasteiger partial charge in [-0.25, -0.2) is 9.97 Å². The molecule has 0 fully saturated rings. The highest BCUT2D eigenvalue weighted by Crippen LogP contribution is 2.39. The van der Waals surface area contributed by atoms with Gasteiger partial charge in [0.15, 0.2) is 0 Å². The van der Waals surface area contributed by atoms with Crippen LogP contribution < -0.4 is 0 Å². The summed E-state index contributed by atoms with van der Waals surface area (Å²) in [4.78, 5) is 19.0. The van der Waals surface area contributed by atoms with Crippen molar-refractivity contribution in [1.82, 2.24) is 19.9 Å². The topological polar surface area (TPSA) is 57.4 Å². The Kier molecular flexibility index (Phi) is 17.6. The molecule has 8 rings (SSSR count). The molecule has 4 nitrogen and oxygen atoms in total. The number of hydrogen-bond donors (Lipinski definition) is 2. The highest BCUT2D eigenvalue weighted by Gasteiger charge is 2.19. The maximum absolute atomic E-state index is 5.64. The van der Waals surface area contributed by atoms with E-state index in [0.717, 1.165) is 97.3 Å². The second kappa shape index (κ2) is 24.3. The molecule has 3 aromatic carbocycles. The van der Waals surface area contributed by atoms with Gasteiger partial charge in [-0.1, -0.05) is 171 Å². The normalized spacial score (nSPS) is 12.1. The van der Waals surface area contributed by atoms with Crippen LogP contribution in [0.2, 0.25) is 0 Å². The van der Waals surface area contributed by atoms with E-state index in [-0.39, 0.29) is 0 Å². The SMILES string of the molecule is CCCCCCc1cc(CCCCCC)cc(-c2c3nc(c(-c4ccc(C)cc4)c4ccc([nH]4)c(-c4cc(CCCCCC)cc(CCCCCC)c4)c4nc(c(Br)c5ccc2[nH]5)C=C4)C=C3)c1. The number of aromatic nitrogens is 4. The average Bonchev–Trinajstić information content (AvgIpc) is 4.20. The lowest BCUT2D eigenvalue weighted by Crippen LogP contribution is -1.95. The van der Waals surface area contributed by atoms with Crippen LogP contribution in [0.1, 0.15) is 181 Å². The zero-order valence-electron chi connectivity index (χ0n) is 41.8. The highest BCUT2D eigenvalue weighted by atomic mass is 79.9. The van der Waals surface area contributed by atoms with Gasteiger partial charge in [0, 0.05) is 33.2 Å². The molecule has 2 aliphatic rings. The molecule has 68 heavy (non-hydrogen) atoms. The first kappa shape index (κ1) is 49.2. The van der Waals surface area contributed by atoms with Crippen LogP contribution >= 0.6 is 15.9 Å². The van der Waals surface area contributed by atoms with Crippen molar-refractivity contribution in [1.29, 1.82) is 0 Å². The minimum Gasteiger partial charge on any atom is -0.354 e. The van der Waals surface area contributed by atoms with Gasteiger partial charge in [-0.15, -0.1) is 0 Å². The van der Waals surface area contributed by atoms with Gasteiger partial charge in [0.25, 0.3) is 0 Å². The number of benzene rings is 3. The highest BCUT2D eigenvalue weighted by molar-refractivity contribution is 9.10. The molecule has 0 saturated heterocycles. The third-order valence-corrected chi connectivity index (χ3v) is 14.8. The molecule has 0 amide bonds. The van der Waals surface area contributed by atoms with Gasteiger partial charge in [0.2, 0.25) is 0 Å². The van der Waals surface area contributed by atoms with Gasteiger partial charge in [-0.05, 0) is 162 Å². The predicted molar refractivity (Wildman–Crippen MR) is 299 cm³/mol. The summed E-state index contributed by atoms with van der Waals surface area (Å²) in [5, 5.41) is 0. The van der Waals surface area contributed by atoms with E-state index in [1.165, 1.54) is 142 Å². The standard InChI is InChI=1S/C63H75BrN4/c1-6-10-14-18-22-45-38-46(23-19-15-11-7-2)41-50(40-45)61-54-32-30-52(65-54)60(49-28-26-44(5)27-29-49)53-31-33-55(66-53)62(57-35-37-59(68-57)63(64)58-36-34-56(61)67-58)51-42-47(24-20-16-12-8-3)39-48(43-51)25-21-17-13-9-4/h26-43,65,68H,6-25H2,1-5H3. The van der Waals surface area contributed by atoms with Crippen LogP contribution in [0.5, 0.6) is 0 Å². The number of nitrogens with zero attached hydrogens (tertiary/aromatic N) is 2. The van der Waals surface area contributed by atoms with E-state index in [1.807, 2.05) is 0 Å². The van der Waals surface area contributed by atoms with E-state index >= 15 is 0 Å². The monoisotopic (exact) mass is 967 g/mol. The van der Waals surface area contributed by atoms with Crippen molar-refractivity contribution in [3.8, 4) is 33.4 Å². The van der Waals surface area contributed by atoms with Crippen molar-refractivity contribution in [2.75, 3.05) is 0 Å². The molecule has 0 spiro atoms. The van der Waals surface area contributed by atoms with Gasteiger partial charge >= 0.3 is 0 Å². The number of aromatic amines is 2. The van der Waals surface area contributed by atoms with Crippen molar-refractivity contribution < 1.29 is 0 Å². The fourth-order valence-electron chi connectivity index (χ4n) is 10.2. The molecule has 0 atom stereocenters. The molecule has 0 saturated carbocycles. The quantitative estimate of drug-likeness (QED) is 0.0628. The summed E-state index contributed by atoms with van der Waals surface area (Å²) in [7, 11) is 0. The van der Waals surface area contributed by atoms with E-state index < -0.39 is 0 Å². The number of unbranched alkanes of at least 4 members (excludes halogenated alkanes) is 12. The Morgan fingerprint density at radius 1 is 0.368 bits per heavy atom.